The van der Waals surface area contributed by atoms with Gasteiger partial charge in [-0.25, -0.2) is 4.98 Å². The minimum absolute atomic E-state index is 0. The number of nitrogens with zero attached hydrogens (tertiary/aromatic N) is 4. The van der Waals surface area contributed by atoms with Gasteiger partial charge in [0.2, 0.25) is 0 Å². The molecule has 1 aliphatic heterocycles. The van der Waals surface area contributed by atoms with Crippen LogP contribution in [0.25, 0.3) is 55.3 Å². The van der Waals surface area contributed by atoms with E-state index >= 15 is 0 Å². The topological polar surface area (TPSA) is 46.7 Å². The van der Waals surface area contributed by atoms with Gasteiger partial charge in [-0.3, -0.25) is 0 Å². The molecule has 0 amide bonds. The molecule has 0 saturated carbocycles. The van der Waals surface area contributed by atoms with E-state index in [2.05, 4.69) is 118 Å². The third kappa shape index (κ3) is 5.36. The quantitative estimate of drug-likeness (QED) is 0.156. The molecular formula is C44H27N4O2Pt-3. The summed E-state index contributed by atoms with van der Waals surface area (Å²) in [5.74, 6) is 1.92. The summed E-state index contributed by atoms with van der Waals surface area (Å²) in [6.45, 7) is 2.08. The van der Waals surface area contributed by atoms with E-state index < -0.39 is 0 Å². The first kappa shape index (κ1) is 30.9. The number of rotatable bonds is 6. The van der Waals surface area contributed by atoms with Gasteiger partial charge in [0.1, 0.15) is 17.0 Å². The molecule has 51 heavy (non-hydrogen) atoms. The number of pyridine rings is 1. The number of furan rings is 1. The van der Waals surface area contributed by atoms with Crippen LogP contribution in [0, 0.1) is 18.8 Å². The Morgan fingerprint density at radius 3 is 2.24 bits per heavy atom. The van der Waals surface area contributed by atoms with Crippen LogP contribution >= 0.6 is 0 Å². The third-order valence-corrected chi connectivity index (χ3v) is 9.15. The van der Waals surface area contributed by atoms with E-state index in [1.54, 1.807) is 0 Å². The first-order valence-electron chi connectivity index (χ1n) is 16.5. The standard InChI is InChI=1S/C44H27N4O2.Pt/c1-3-12-30(13-4-1)41-28-46(29-47(41)31-14-5-2-6-15-31)32-16-11-17-33(24-32)49-34-22-23-36-35-18-7-9-20-39(35)48(40(36)25-34)44-26-43-38(27-45-44)37-19-8-10-21-42(37)50-43;/h1-23,26-29H;/q-3;. The number of aromatic nitrogens is 2. The number of fused-ring (bicyclic) bond motifs is 6. The summed E-state index contributed by atoms with van der Waals surface area (Å²) in [4.78, 5) is 9.18. The van der Waals surface area contributed by atoms with E-state index in [-0.39, 0.29) is 21.1 Å². The molecule has 10 rings (SSSR count). The van der Waals surface area contributed by atoms with Crippen LogP contribution in [-0.4, -0.2) is 9.55 Å². The van der Waals surface area contributed by atoms with Gasteiger partial charge < -0.3 is 23.5 Å². The number of hydrogen-bond donors (Lipinski definition) is 0. The van der Waals surface area contributed by atoms with Crippen molar-refractivity contribution in [1.29, 1.82) is 0 Å². The molecule has 0 fully saturated rings. The summed E-state index contributed by atoms with van der Waals surface area (Å²) >= 11 is 0. The van der Waals surface area contributed by atoms with Crippen LogP contribution in [0.4, 0.5) is 11.4 Å². The van der Waals surface area contributed by atoms with Gasteiger partial charge in [0, 0.05) is 72.5 Å². The van der Waals surface area contributed by atoms with Gasteiger partial charge >= 0.3 is 0 Å². The Morgan fingerprint density at radius 2 is 1.37 bits per heavy atom. The minimum atomic E-state index is 0. The van der Waals surface area contributed by atoms with Crippen molar-refractivity contribution in [2.45, 2.75) is 0 Å². The first-order chi connectivity index (χ1) is 24.8. The molecule has 0 bridgehead atoms. The van der Waals surface area contributed by atoms with E-state index in [0.29, 0.717) is 11.5 Å². The predicted octanol–water partition coefficient (Wildman–Crippen LogP) is 10.9. The van der Waals surface area contributed by atoms with E-state index in [1.807, 2.05) is 72.9 Å². The van der Waals surface area contributed by atoms with Gasteiger partial charge in [-0.1, -0.05) is 90.4 Å². The maximum Gasteiger partial charge on any atom is 0.140 e. The molecule has 7 heteroatoms. The number of ether oxygens (including phenoxy) is 1. The smallest absolute Gasteiger partial charge is 0.140 e. The van der Waals surface area contributed by atoms with E-state index in [1.165, 1.54) is 0 Å². The number of anilines is 2. The van der Waals surface area contributed by atoms with Crippen molar-refractivity contribution in [3.63, 3.8) is 0 Å². The van der Waals surface area contributed by atoms with Gasteiger partial charge in [-0.05, 0) is 41.4 Å². The predicted molar refractivity (Wildman–Crippen MR) is 200 cm³/mol. The summed E-state index contributed by atoms with van der Waals surface area (Å²) < 4.78 is 14.8. The normalized spacial score (nSPS) is 12.9. The summed E-state index contributed by atoms with van der Waals surface area (Å²) in [7, 11) is 0. The van der Waals surface area contributed by atoms with Crippen LogP contribution in [-0.2, 0) is 21.1 Å². The molecule has 0 N–H and O–H groups in total. The fourth-order valence-electron chi connectivity index (χ4n) is 6.83. The SMILES string of the molecule is [Pt].[c-]1c(Oc2[c-]c3c(cc2)c2ccccc2n3-c2cc3oc4ccccc4c3cn2)cccc1N1C=C(c2ccccc2)N(c2ccccc2)[CH-]1. The van der Waals surface area contributed by atoms with Crippen LogP contribution < -0.4 is 14.5 Å². The summed E-state index contributed by atoms with van der Waals surface area (Å²) in [5.41, 5.74) is 7.64. The molecule has 6 nitrogen and oxygen atoms in total. The van der Waals surface area contributed by atoms with Gasteiger partial charge in [-0.2, -0.15) is 12.1 Å². The minimum Gasteiger partial charge on any atom is -0.509 e. The molecular weight excluding hydrogens is 812 g/mol. The van der Waals surface area contributed by atoms with E-state index in [0.717, 1.165) is 72.2 Å². The monoisotopic (exact) mass is 838 g/mol. The number of benzene rings is 6. The van der Waals surface area contributed by atoms with E-state index in [4.69, 9.17) is 14.1 Å². The van der Waals surface area contributed by atoms with Crippen molar-refractivity contribution >= 4 is 60.8 Å². The molecule has 1 aliphatic rings. The molecule has 0 atom stereocenters. The van der Waals surface area contributed by atoms with Crippen molar-refractivity contribution < 1.29 is 30.2 Å². The summed E-state index contributed by atoms with van der Waals surface area (Å²) in [6, 6.07) is 56.1. The zero-order valence-corrected chi connectivity index (χ0v) is 29.3. The second-order valence-corrected chi connectivity index (χ2v) is 12.2. The Bertz CT molecular complexity index is 2740. The third-order valence-electron chi connectivity index (χ3n) is 9.15. The van der Waals surface area contributed by atoms with Gasteiger partial charge in [0.15, 0.2) is 0 Å². The average molecular weight is 839 g/mol. The Labute approximate surface area is 308 Å². The van der Waals surface area contributed by atoms with Crippen molar-refractivity contribution in [2.24, 2.45) is 0 Å². The van der Waals surface area contributed by atoms with Crippen molar-refractivity contribution in [3.8, 4) is 17.3 Å². The average Bonchev–Trinajstić information content (AvgIpc) is 3.88. The maximum absolute atomic E-state index is 6.47. The molecule has 0 spiro atoms. The molecule has 4 heterocycles. The molecule has 3 aromatic heterocycles. The number of hydrogen-bond acceptors (Lipinski definition) is 5. The van der Waals surface area contributed by atoms with Crippen LogP contribution in [0.5, 0.6) is 11.5 Å². The Kier molecular flexibility index (Phi) is 7.67. The van der Waals surface area contributed by atoms with Gasteiger partial charge in [0.25, 0.3) is 0 Å². The Morgan fingerprint density at radius 1 is 0.627 bits per heavy atom. The second kappa shape index (κ2) is 12.7. The molecule has 0 radical (unpaired) electrons. The van der Waals surface area contributed by atoms with Crippen LogP contribution in [0.15, 0.2) is 162 Å². The number of para-hydroxylation sites is 3. The summed E-state index contributed by atoms with van der Waals surface area (Å²) in [5, 5.41) is 4.21. The van der Waals surface area contributed by atoms with Gasteiger partial charge in [-0.15, -0.1) is 48.1 Å². The van der Waals surface area contributed by atoms with Crippen molar-refractivity contribution in [1.82, 2.24) is 9.55 Å². The van der Waals surface area contributed by atoms with Gasteiger partial charge in [0.05, 0.1) is 0 Å². The second-order valence-electron chi connectivity index (χ2n) is 12.2. The van der Waals surface area contributed by atoms with Crippen LogP contribution in [0.1, 0.15) is 5.56 Å². The largest absolute Gasteiger partial charge is 0.509 e. The maximum atomic E-state index is 6.47. The fourth-order valence-corrected chi connectivity index (χ4v) is 6.83. The van der Waals surface area contributed by atoms with E-state index in [9.17, 15) is 0 Å². The van der Waals surface area contributed by atoms with Crippen LogP contribution in [0.3, 0.4) is 0 Å². The van der Waals surface area contributed by atoms with Crippen molar-refractivity contribution in [2.75, 3.05) is 9.80 Å². The first-order valence-corrected chi connectivity index (χ1v) is 16.5. The van der Waals surface area contributed by atoms with Crippen LogP contribution in [0.2, 0.25) is 0 Å². The molecule has 0 aliphatic carbocycles. The molecule has 0 saturated heterocycles. The Hall–Kier alpha value is -6.10. The summed E-state index contributed by atoms with van der Waals surface area (Å²) in [6.07, 6.45) is 4.02. The van der Waals surface area contributed by atoms with Crippen molar-refractivity contribution in [3.05, 3.63) is 182 Å². The Balaban J connectivity index is 0.00000348. The fraction of sp³-hybridized carbons (Fsp3) is 0. The molecule has 9 aromatic rings. The molecule has 6 aromatic carbocycles. The zero-order valence-electron chi connectivity index (χ0n) is 27.0. The zero-order chi connectivity index (χ0) is 33.0. The molecule has 248 valence electrons. The molecule has 0 unspecified atom stereocenters.